The van der Waals surface area contributed by atoms with Crippen LogP contribution in [0.1, 0.15) is 16.1 Å². The van der Waals surface area contributed by atoms with Crippen LogP contribution in [0.15, 0.2) is 41.0 Å². The maximum absolute atomic E-state index is 12.0. The fourth-order valence-electron chi connectivity index (χ4n) is 2.24. The van der Waals surface area contributed by atoms with Gasteiger partial charge < -0.3 is 9.67 Å². The summed E-state index contributed by atoms with van der Waals surface area (Å²) in [6, 6.07) is 3.17. The molecule has 1 N–H and O–H groups in total. The number of carbonyl (C=O) groups is 1. The minimum Gasteiger partial charge on any atom is -0.477 e. The van der Waals surface area contributed by atoms with E-state index in [1.807, 2.05) is 16.0 Å². The molecule has 0 saturated carbocycles. The van der Waals surface area contributed by atoms with Gasteiger partial charge in [-0.15, -0.1) is 23.7 Å². The molecule has 0 amide bonds. The van der Waals surface area contributed by atoms with Crippen LogP contribution >= 0.6 is 23.7 Å². The van der Waals surface area contributed by atoms with Crippen molar-refractivity contribution in [2.24, 2.45) is 0 Å². The molecule has 0 atom stereocenters. The SMILES string of the molecule is Cc1c(-c2cc(-n3ccnc3)cs2)cc(C(=O)O)c(=O)n1C#N.Cl. The van der Waals surface area contributed by atoms with Gasteiger partial charge in [0.1, 0.15) is 5.56 Å². The van der Waals surface area contributed by atoms with Crippen LogP contribution in [0.25, 0.3) is 16.1 Å². The Bertz CT molecular complexity index is 999. The number of nitriles is 1. The molecule has 0 aliphatic rings. The van der Waals surface area contributed by atoms with Crippen molar-refractivity contribution in [3.8, 4) is 22.3 Å². The number of thiophene rings is 1. The van der Waals surface area contributed by atoms with E-state index in [1.54, 1.807) is 31.8 Å². The molecule has 3 heterocycles. The zero-order valence-corrected chi connectivity index (χ0v) is 14.0. The van der Waals surface area contributed by atoms with Crippen LogP contribution in [0.5, 0.6) is 0 Å². The van der Waals surface area contributed by atoms with Crippen molar-refractivity contribution in [3.63, 3.8) is 0 Å². The van der Waals surface area contributed by atoms with E-state index in [4.69, 9.17) is 5.26 Å². The monoisotopic (exact) mass is 362 g/mol. The lowest BCUT2D eigenvalue weighted by Gasteiger charge is -2.08. The van der Waals surface area contributed by atoms with Crippen molar-refractivity contribution in [1.29, 1.82) is 5.26 Å². The van der Waals surface area contributed by atoms with Gasteiger partial charge in [-0.05, 0) is 19.1 Å². The first-order chi connectivity index (χ1) is 11.0. The average Bonchev–Trinajstić information content (AvgIpc) is 3.18. The third-order valence-electron chi connectivity index (χ3n) is 3.43. The third kappa shape index (κ3) is 2.82. The molecule has 0 aromatic carbocycles. The smallest absolute Gasteiger partial charge is 0.341 e. The van der Waals surface area contributed by atoms with Gasteiger partial charge in [0.2, 0.25) is 0 Å². The van der Waals surface area contributed by atoms with E-state index < -0.39 is 17.1 Å². The van der Waals surface area contributed by atoms with Crippen molar-refractivity contribution in [2.75, 3.05) is 0 Å². The van der Waals surface area contributed by atoms with Crippen LogP contribution in [0, 0.1) is 18.4 Å². The van der Waals surface area contributed by atoms with E-state index in [2.05, 4.69) is 4.98 Å². The van der Waals surface area contributed by atoms with Crippen LogP contribution in [0.3, 0.4) is 0 Å². The van der Waals surface area contributed by atoms with E-state index in [9.17, 15) is 14.7 Å². The number of carboxylic acid groups (broad SMARTS) is 1. The molecule has 0 aliphatic carbocycles. The van der Waals surface area contributed by atoms with Crippen LogP contribution in [0.2, 0.25) is 0 Å². The number of carboxylic acids is 1. The molecule has 0 radical (unpaired) electrons. The Kier molecular flexibility index (Phi) is 4.87. The van der Waals surface area contributed by atoms with Gasteiger partial charge in [-0.25, -0.2) is 14.3 Å². The van der Waals surface area contributed by atoms with Crippen LogP contribution in [-0.4, -0.2) is 25.2 Å². The Labute approximate surface area is 146 Å². The normalized spacial score (nSPS) is 10.0. The Hall–Kier alpha value is -2.89. The summed E-state index contributed by atoms with van der Waals surface area (Å²) in [5, 5.41) is 20.2. The second kappa shape index (κ2) is 6.70. The van der Waals surface area contributed by atoms with Crippen LogP contribution in [0.4, 0.5) is 0 Å². The second-order valence-electron chi connectivity index (χ2n) is 4.74. The van der Waals surface area contributed by atoms with Crippen LogP contribution in [-0.2, 0) is 0 Å². The van der Waals surface area contributed by atoms with Crippen molar-refractivity contribution < 1.29 is 9.90 Å². The first-order valence-electron chi connectivity index (χ1n) is 6.50. The highest BCUT2D eigenvalue weighted by Crippen LogP contribution is 2.31. The Balaban J connectivity index is 0.00000208. The lowest BCUT2D eigenvalue weighted by atomic mass is 10.1. The maximum atomic E-state index is 12.0. The summed E-state index contributed by atoms with van der Waals surface area (Å²) in [7, 11) is 0. The summed E-state index contributed by atoms with van der Waals surface area (Å²) in [6.07, 6.45) is 6.83. The summed E-state index contributed by atoms with van der Waals surface area (Å²) in [5.41, 5.74) is 0.562. The molecule has 0 saturated heterocycles. The Morgan fingerprint density at radius 3 is 2.75 bits per heavy atom. The van der Waals surface area contributed by atoms with Gasteiger partial charge in [0.25, 0.3) is 5.56 Å². The Morgan fingerprint density at radius 1 is 1.42 bits per heavy atom. The predicted molar refractivity (Wildman–Crippen MR) is 91.1 cm³/mol. The van der Waals surface area contributed by atoms with E-state index in [0.29, 0.717) is 11.3 Å². The van der Waals surface area contributed by atoms with E-state index in [-0.39, 0.29) is 12.4 Å². The minimum atomic E-state index is -1.35. The summed E-state index contributed by atoms with van der Waals surface area (Å²) in [6.45, 7) is 1.61. The lowest BCUT2D eigenvalue weighted by Crippen LogP contribution is -2.26. The van der Waals surface area contributed by atoms with Gasteiger partial charge in [-0.1, -0.05) is 0 Å². The van der Waals surface area contributed by atoms with Crippen molar-refractivity contribution in [2.45, 2.75) is 6.92 Å². The fraction of sp³-hybridized carbons (Fsp3) is 0.0667. The molecule has 3 aromatic rings. The number of aromatic carboxylic acids is 1. The summed E-state index contributed by atoms with van der Waals surface area (Å²) in [5.74, 6) is -1.35. The standard InChI is InChI=1S/C15H10N4O3S.ClH/c1-9-11(5-12(15(21)22)14(20)19(9)7-16)13-4-10(6-23-13)18-3-2-17-8-18;/h2-6,8H,1H3,(H,21,22);1H. The van der Waals surface area contributed by atoms with Gasteiger partial charge in [-0.2, -0.15) is 5.26 Å². The molecule has 9 heteroatoms. The van der Waals surface area contributed by atoms with Crippen LogP contribution < -0.4 is 5.56 Å². The molecule has 122 valence electrons. The summed E-state index contributed by atoms with van der Waals surface area (Å²) < 4.78 is 2.61. The van der Waals surface area contributed by atoms with E-state index in [0.717, 1.165) is 15.1 Å². The quantitative estimate of drug-likeness (QED) is 0.771. The molecule has 0 spiro atoms. The molecule has 0 bridgehead atoms. The average molecular weight is 363 g/mol. The first-order valence-corrected chi connectivity index (χ1v) is 7.38. The fourth-order valence-corrected chi connectivity index (χ4v) is 3.20. The zero-order chi connectivity index (χ0) is 16.6. The molecule has 3 aromatic heterocycles. The molecule has 24 heavy (non-hydrogen) atoms. The highest BCUT2D eigenvalue weighted by atomic mass is 35.5. The first kappa shape index (κ1) is 17.5. The second-order valence-corrected chi connectivity index (χ2v) is 5.65. The number of rotatable bonds is 3. The number of halogens is 1. The van der Waals surface area contributed by atoms with Crippen molar-refractivity contribution >= 4 is 29.7 Å². The summed E-state index contributed by atoms with van der Waals surface area (Å²) in [4.78, 5) is 28.0. The maximum Gasteiger partial charge on any atom is 0.341 e. The Morgan fingerprint density at radius 2 is 2.17 bits per heavy atom. The van der Waals surface area contributed by atoms with E-state index >= 15 is 0 Å². The van der Waals surface area contributed by atoms with Gasteiger partial charge in [0.15, 0.2) is 6.19 Å². The van der Waals surface area contributed by atoms with Gasteiger partial charge in [0.05, 0.1) is 12.0 Å². The molecule has 3 rings (SSSR count). The number of nitrogens with zero attached hydrogens (tertiary/aromatic N) is 4. The molecule has 0 aliphatic heterocycles. The van der Waals surface area contributed by atoms with Crippen molar-refractivity contribution in [3.05, 3.63) is 57.8 Å². The largest absolute Gasteiger partial charge is 0.477 e. The zero-order valence-electron chi connectivity index (χ0n) is 12.3. The van der Waals surface area contributed by atoms with Gasteiger partial charge in [0, 0.05) is 33.9 Å². The highest BCUT2D eigenvalue weighted by molar-refractivity contribution is 7.14. The van der Waals surface area contributed by atoms with Gasteiger partial charge >= 0.3 is 5.97 Å². The number of imidazole rings is 1. The van der Waals surface area contributed by atoms with Gasteiger partial charge in [-0.3, -0.25) is 4.79 Å². The molecule has 0 fully saturated rings. The number of hydrogen-bond donors (Lipinski definition) is 1. The lowest BCUT2D eigenvalue weighted by molar-refractivity contribution is 0.0694. The highest BCUT2D eigenvalue weighted by Gasteiger charge is 2.18. The molecular formula is C15H11ClN4O3S. The molecule has 0 unspecified atom stereocenters. The number of hydrogen-bond acceptors (Lipinski definition) is 5. The topological polar surface area (TPSA) is 101 Å². The minimum absolute atomic E-state index is 0. The third-order valence-corrected chi connectivity index (χ3v) is 4.38. The van der Waals surface area contributed by atoms with Crippen molar-refractivity contribution in [1.82, 2.24) is 14.1 Å². The number of pyridine rings is 1. The number of aromatic nitrogens is 3. The predicted octanol–water partition coefficient (Wildman–Crippen LogP) is 2.52. The molecule has 7 nitrogen and oxygen atoms in total. The molecular weight excluding hydrogens is 352 g/mol. The van der Waals surface area contributed by atoms with E-state index in [1.165, 1.54) is 17.4 Å². The summed E-state index contributed by atoms with van der Waals surface area (Å²) >= 11 is 1.39.